The molecule has 0 radical (unpaired) electrons. The molecule has 0 aliphatic rings. The van der Waals surface area contributed by atoms with Gasteiger partial charge in [0.1, 0.15) is 5.82 Å². The first-order valence-electron chi connectivity index (χ1n) is 11.1. The number of nitrogens with one attached hydrogen (secondary N) is 2. The molecule has 1 unspecified atom stereocenters. The number of aromatic nitrogens is 6. The van der Waals surface area contributed by atoms with Crippen molar-refractivity contribution in [1.82, 2.24) is 34.8 Å². The van der Waals surface area contributed by atoms with Gasteiger partial charge in [0.2, 0.25) is 5.95 Å². The van der Waals surface area contributed by atoms with Crippen LogP contribution < -0.4 is 15.4 Å². The molecule has 2 aromatic carbocycles. The smallest absolute Gasteiger partial charge is 0.252 e. The highest BCUT2D eigenvalue weighted by Gasteiger charge is 2.21. The molecule has 36 heavy (non-hydrogen) atoms. The number of methoxy groups -OCH3 is 1. The third-order valence-corrected chi connectivity index (χ3v) is 5.75. The Morgan fingerprint density at radius 2 is 1.92 bits per heavy atom. The predicted octanol–water partition coefficient (Wildman–Crippen LogP) is 3.51. The Bertz CT molecular complexity index is 1560. The fraction of sp³-hybridized carbons (Fsp3) is 0.160. The lowest BCUT2D eigenvalue weighted by Gasteiger charge is -2.19. The highest BCUT2D eigenvalue weighted by molar-refractivity contribution is 5.98. The van der Waals surface area contributed by atoms with Gasteiger partial charge in [0.25, 0.3) is 5.91 Å². The standard InChI is InChI=1S/C25H23FN8O2/c1-33-14-18(13-29-33)23(15-6-7-21(36-3)19(26)10-15)32-24(35)16-4-5-17-12-27-25(30-20(17)11-16)31-22-8-9-28-34(22)2/h4-14,23H,1-3H3,(H,32,35)(H,27,30,31). The van der Waals surface area contributed by atoms with E-state index in [-0.39, 0.29) is 11.7 Å². The minimum absolute atomic E-state index is 0.125. The van der Waals surface area contributed by atoms with Crippen molar-refractivity contribution in [3.05, 3.63) is 89.8 Å². The maximum Gasteiger partial charge on any atom is 0.252 e. The van der Waals surface area contributed by atoms with Crippen molar-refractivity contribution in [2.75, 3.05) is 12.4 Å². The number of amides is 1. The van der Waals surface area contributed by atoms with Crippen molar-refractivity contribution in [2.45, 2.75) is 6.04 Å². The van der Waals surface area contributed by atoms with E-state index in [0.29, 0.717) is 28.2 Å². The van der Waals surface area contributed by atoms with Gasteiger partial charge < -0.3 is 15.4 Å². The number of ether oxygens (including phenoxy) is 1. The predicted molar refractivity (Wildman–Crippen MR) is 131 cm³/mol. The van der Waals surface area contributed by atoms with Crippen molar-refractivity contribution in [3.8, 4) is 5.75 Å². The molecule has 3 heterocycles. The number of halogens is 1. The molecule has 0 fully saturated rings. The van der Waals surface area contributed by atoms with E-state index in [0.717, 1.165) is 11.2 Å². The molecule has 11 heteroatoms. The van der Waals surface area contributed by atoms with Crippen LogP contribution in [0.25, 0.3) is 10.9 Å². The second kappa shape index (κ2) is 9.45. The first-order chi connectivity index (χ1) is 17.4. The number of carbonyl (C=O) groups is 1. The summed E-state index contributed by atoms with van der Waals surface area (Å²) >= 11 is 0. The molecule has 1 amide bonds. The van der Waals surface area contributed by atoms with E-state index in [1.54, 1.807) is 78.6 Å². The summed E-state index contributed by atoms with van der Waals surface area (Å²) in [6.45, 7) is 0. The summed E-state index contributed by atoms with van der Waals surface area (Å²) < 4.78 is 22.8. The Balaban J connectivity index is 1.44. The quantitative estimate of drug-likeness (QED) is 0.362. The summed E-state index contributed by atoms with van der Waals surface area (Å²) in [4.78, 5) is 22.2. The van der Waals surface area contributed by atoms with E-state index in [2.05, 4.69) is 30.8 Å². The van der Waals surface area contributed by atoms with E-state index in [1.807, 2.05) is 0 Å². The molecular weight excluding hydrogens is 463 g/mol. The lowest BCUT2D eigenvalue weighted by atomic mass is 10.0. The molecule has 3 aromatic heterocycles. The largest absolute Gasteiger partial charge is 0.494 e. The van der Waals surface area contributed by atoms with Crippen molar-refractivity contribution >= 4 is 28.6 Å². The van der Waals surface area contributed by atoms with Crippen LogP contribution in [0.3, 0.4) is 0 Å². The lowest BCUT2D eigenvalue weighted by Crippen LogP contribution is -2.29. The van der Waals surface area contributed by atoms with Gasteiger partial charge in [0, 0.05) is 49.1 Å². The van der Waals surface area contributed by atoms with Gasteiger partial charge in [-0.3, -0.25) is 14.2 Å². The average Bonchev–Trinajstić information content (AvgIpc) is 3.49. The minimum Gasteiger partial charge on any atom is -0.494 e. The summed E-state index contributed by atoms with van der Waals surface area (Å²) in [7, 11) is 4.98. The summed E-state index contributed by atoms with van der Waals surface area (Å²) in [5.41, 5.74) is 2.26. The van der Waals surface area contributed by atoms with Gasteiger partial charge in [0.15, 0.2) is 11.6 Å². The molecule has 0 spiro atoms. The highest BCUT2D eigenvalue weighted by atomic mass is 19.1. The van der Waals surface area contributed by atoms with Crippen LogP contribution in [0.15, 0.2) is 67.3 Å². The Morgan fingerprint density at radius 1 is 1.06 bits per heavy atom. The Labute approximate surface area is 205 Å². The molecule has 0 saturated carbocycles. The molecule has 5 rings (SSSR count). The highest BCUT2D eigenvalue weighted by Crippen LogP contribution is 2.27. The topological polar surface area (TPSA) is 112 Å². The summed E-state index contributed by atoms with van der Waals surface area (Å²) in [5.74, 6) is 0.371. The molecule has 2 N–H and O–H groups in total. The molecule has 1 atom stereocenters. The van der Waals surface area contributed by atoms with Crippen LogP contribution in [0.5, 0.6) is 5.75 Å². The number of hydrogen-bond acceptors (Lipinski definition) is 7. The van der Waals surface area contributed by atoms with Crippen molar-refractivity contribution in [2.24, 2.45) is 14.1 Å². The van der Waals surface area contributed by atoms with Gasteiger partial charge in [-0.2, -0.15) is 10.2 Å². The summed E-state index contributed by atoms with van der Waals surface area (Å²) in [5, 5.41) is 15.2. The third kappa shape index (κ3) is 4.58. The van der Waals surface area contributed by atoms with Gasteiger partial charge in [-0.15, -0.1) is 0 Å². The molecule has 182 valence electrons. The van der Waals surface area contributed by atoms with Crippen LogP contribution in [0.2, 0.25) is 0 Å². The summed E-state index contributed by atoms with van der Waals surface area (Å²) in [6.07, 6.45) is 6.76. The second-order valence-corrected chi connectivity index (χ2v) is 8.18. The van der Waals surface area contributed by atoms with E-state index < -0.39 is 11.9 Å². The number of carbonyl (C=O) groups excluding carboxylic acids is 1. The maximum atomic E-state index is 14.5. The molecule has 0 aliphatic carbocycles. The number of rotatable bonds is 7. The van der Waals surface area contributed by atoms with Crippen LogP contribution in [0.4, 0.5) is 16.2 Å². The van der Waals surface area contributed by atoms with E-state index in [9.17, 15) is 9.18 Å². The summed E-state index contributed by atoms with van der Waals surface area (Å²) in [6, 6.07) is 10.9. The Kier molecular flexibility index (Phi) is 6.03. The van der Waals surface area contributed by atoms with Crippen molar-refractivity contribution < 1.29 is 13.9 Å². The van der Waals surface area contributed by atoms with Crippen molar-refractivity contribution in [3.63, 3.8) is 0 Å². The van der Waals surface area contributed by atoms with Crippen molar-refractivity contribution in [1.29, 1.82) is 0 Å². The third-order valence-electron chi connectivity index (χ3n) is 5.75. The maximum absolute atomic E-state index is 14.5. The molecule has 0 saturated heterocycles. The van der Waals surface area contributed by atoms with Gasteiger partial charge in [0.05, 0.1) is 31.1 Å². The number of anilines is 2. The first-order valence-corrected chi connectivity index (χ1v) is 11.1. The van der Waals surface area contributed by atoms with Gasteiger partial charge >= 0.3 is 0 Å². The number of fused-ring (bicyclic) bond motifs is 1. The second-order valence-electron chi connectivity index (χ2n) is 8.18. The van der Waals surface area contributed by atoms with E-state index in [4.69, 9.17) is 4.74 Å². The SMILES string of the molecule is COc1ccc(C(NC(=O)c2ccc3cnc(Nc4ccnn4C)nc3c2)c2cnn(C)c2)cc1F. The lowest BCUT2D eigenvalue weighted by molar-refractivity contribution is 0.0943. The zero-order valence-electron chi connectivity index (χ0n) is 19.8. The molecule has 0 aliphatic heterocycles. The van der Waals surface area contributed by atoms with E-state index in [1.165, 1.54) is 19.2 Å². The van der Waals surface area contributed by atoms with Crippen LogP contribution in [0.1, 0.15) is 27.5 Å². The normalized spacial score (nSPS) is 11.9. The van der Waals surface area contributed by atoms with Crippen LogP contribution in [-0.2, 0) is 14.1 Å². The molecule has 0 bridgehead atoms. The van der Waals surface area contributed by atoms with E-state index >= 15 is 0 Å². The fourth-order valence-electron chi connectivity index (χ4n) is 3.86. The zero-order chi connectivity index (χ0) is 25.2. The average molecular weight is 487 g/mol. The number of aryl methyl sites for hydroxylation is 2. The van der Waals surface area contributed by atoms with Gasteiger partial charge in [-0.1, -0.05) is 12.1 Å². The van der Waals surface area contributed by atoms with Crippen LogP contribution in [-0.4, -0.2) is 42.5 Å². The number of nitrogens with zero attached hydrogens (tertiary/aromatic N) is 6. The first kappa shape index (κ1) is 23.0. The number of hydrogen-bond donors (Lipinski definition) is 2. The van der Waals surface area contributed by atoms with Crippen LogP contribution >= 0.6 is 0 Å². The number of benzene rings is 2. The Hall–Kier alpha value is -4.80. The molecule has 5 aromatic rings. The molecular formula is C25H23FN8O2. The monoisotopic (exact) mass is 486 g/mol. The Morgan fingerprint density at radius 3 is 2.61 bits per heavy atom. The fourth-order valence-corrected chi connectivity index (χ4v) is 3.86. The molecule has 10 nitrogen and oxygen atoms in total. The minimum atomic E-state index is -0.630. The van der Waals surface area contributed by atoms with Gasteiger partial charge in [-0.25, -0.2) is 14.4 Å². The van der Waals surface area contributed by atoms with Gasteiger partial charge in [-0.05, 0) is 29.8 Å². The van der Waals surface area contributed by atoms with Crippen LogP contribution in [0, 0.1) is 5.82 Å². The zero-order valence-corrected chi connectivity index (χ0v) is 19.8.